The van der Waals surface area contributed by atoms with Gasteiger partial charge in [-0.25, -0.2) is 0 Å². The van der Waals surface area contributed by atoms with Crippen molar-refractivity contribution in [2.75, 3.05) is 47.5 Å². The standard InChI is InChI=1S/C17H28N2O2/c1-18-17(15-4-6-16(21-3)7-5-15)12-19-10-8-14(9-11-19)13-20-2/h4-7,14,17-18H,8-13H2,1-3H3. The first-order chi connectivity index (χ1) is 10.3. The second kappa shape index (κ2) is 8.37. The molecule has 1 aromatic rings. The summed E-state index contributed by atoms with van der Waals surface area (Å²) in [6.45, 7) is 4.30. The van der Waals surface area contributed by atoms with Crippen LogP contribution in [0.1, 0.15) is 24.4 Å². The van der Waals surface area contributed by atoms with Crippen molar-refractivity contribution in [3.63, 3.8) is 0 Å². The van der Waals surface area contributed by atoms with Gasteiger partial charge in [0.2, 0.25) is 0 Å². The Hall–Kier alpha value is -1.10. The molecular formula is C17H28N2O2. The van der Waals surface area contributed by atoms with Crippen LogP contribution >= 0.6 is 0 Å². The van der Waals surface area contributed by atoms with Crippen LogP contribution < -0.4 is 10.1 Å². The highest BCUT2D eigenvalue weighted by Crippen LogP contribution is 2.22. The zero-order valence-electron chi connectivity index (χ0n) is 13.5. The molecule has 0 aliphatic carbocycles. The fourth-order valence-electron chi connectivity index (χ4n) is 3.03. The van der Waals surface area contributed by atoms with Crippen molar-refractivity contribution in [1.82, 2.24) is 10.2 Å². The number of methoxy groups -OCH3 is 2. The monoisotopic (exact) mass is 292 g/mol. The Balaban J connectivity index is 1.87. The molecule has 0 radical (unpaired) electrons. The van der Waals surface area contributed by atoms with Gasteiger partial charge in [0.25, 0.3) is 0 Å². The number of benzene rings is 1. The highest BCUT2D eigenvalue weighted by Gasteiger charge is 2.21. The Bertz CT molecular complexity index is 400. The minimum Gasteiger partial charge on any atom is -0.497 e. The van der Waals surface area contributed by atoms with Crippen molar-refractivity contribution in [1.29, 1.82) is 0 Å². The van der Waals surface area contributed by atoms with Crippen LogP contribution in [0, 0.1) is 5.92 Å². The molecule has 1 fully saturated rings. The fourth-order valence-corrected chi connectivity index (χ4v) is 3.03. The summed E-state index contributed by atoms with van der Waals surface area (Å²) in [6.07, 6.45) is 2.49. The van der Waals surface area contributed by atoms with Crippen LogP contribution in [0.3, 0.4) is 0 Å². The van der Waals surface area contributed by atoms with Gasteiger partial charge in [0.1, 0.15) is 5.75 Å². The predicted molar refractivity (Wildman–Crippen MR) is 85.8 cm³/mol. The van der Waals surface area contributed by atoms with Crippen LogP contribution in [0.15, 0.2) is 24.3 Å². The average molecular weight is 292 g/mol. The van der Waals surface area contributed by atoms with E-state index in [1.165, 1.54) is 31.5 Å². The maximum atomic E-state index is 5.27. The van der Waals surface area contributed by atoms with Crippen LogP contribution in [0.4, 0.5) is 0 Å². The number of ether oxygens (including phenoxy) is 2. The van der Waals surface area contributed by atoms with E-state index in [-0.39, 0.29) is 0 Å². The zero-order valence-corrected chi connectivity index (χ0v) is 13.5. The number of rotatable bonds is 7. The molecule has 0 aromatic heterocycles. The van der Waals surface area contributed by atoms with E-state index in [2.05, 4.69) is 22.3 Å². The first kappa shape index (κ1) is 16.3. The van der Waals surface area contributed by atoms with Crippen LogP contribution in [0.25, 0.3) is 0 Å². The number of piperidine rings is 1. The number of hydrogen-bond donors (Lipinski definition) is 1. The van der Waals surface area contributed by atoms with Crippen LogP contribution in [-0.4, -0.2) is 52.4 Å². The molecule has 0 spiro atoms. The second-order valence-electron chi connectivity index (χ2n) is 5.81. The van der Waals surface area contributed by atoms with Gasteiger partial charge in [0.15, 0.2) is 0 Å². The molecule has 1 N–H and O–H groups in total. The maximum absolute atomic E-state index is 5.27. The Labute approximate surface area is 128 Å². The maximum Gasteiger partial charge on any atom is 0.118 e. The molecule has 0 amide bonds. The van der Waals surface area contributed by atoms with E-state index in [1.54, 1.807) is 14.2 Å². The molecule has 1 aliphatic rings. The van der Waals surface area contributed by atoms with Crippen molar-refractivity contribution in [3.8, 4) is 5.75 Å². The molecule has 21 heavy (non-hydrogen) atoms. The Morgan fingerprint density at radius 1 is 1.19 bits per heavy atom. The molecule has 2 rings (SSSR count). The summed E-state index contributed by atoms with van der Waals surface area (Å²) < 4.78 is 10.5. The molecule has 1 aliphatic heterocycles. The number of likely N-dealkylation sites (tertiary alicyclic amines) is 1. The fraction of sp³-hybridized carbons (Fsp3) is 0.647. The third-order valence-corrected chi connectivity index (χ3v) is 4.42. The molecule has 4 nitrogen and oxygen atoms in total. The van der Waals surface area contributed by atoms with Crippen LogP contribution in [0.5, 0.6) is 5.75 Å². The van der Waals surface area contributed by atoms with Gasteiger partial charge in [0.05, 0.1) is 7.11 Å². The predicted octanol–water partition coefficient (Wildman–Crippen LogP) is 2.31. The Kier molecular flexibility index (Phi) is 6.49. The van der Waals surface area contributed by atoms with Crippen molar-refractivity contribution in [2.45, 2.75) is 18.9 Å². The minimum absolute atomic E-state index is 0.370. The first-order valence-corrected chi connectivity index (χ1v) is 7.79. The van der Waals surface area contributed by atoms with E-state index < -0.39 is 0 Å². The second-order valence-corrected chi connectivity index (χ2v) is 5.81. The molecule has 0 bridgehead atoms. The Morgan fingerprint density at radius 2 is 1.86 bits per heavy atom. The first-order valence-electron chi connectivity index (χ1n) is 7.79. The number of hydrogen-bond acceptors (Lipinski definition) is 4. The van der Waals surface area contributed by atoms with Crippen molar-refractivity contribution >= 4 is 0 Å². The smallest absolute Gasteiger partial charge is 0.118 e. The lowest BCUT2D eigenvalue weighted by molar-refractivity contribution is 0.0956. The van der Waals surface area contributed by atoms with Gasteiger partial charge in [-0.05, 0) is 56.6 Å². The third kappa shape index (κ3) is 4.70. The molecule has 1 aromatic carbocycles. The molecular weight excluding hydrogens is 264 g/mol. The van der Waals surface area contributed by atoms with Gasteiger partial charge in [-0.2, -0.15) is 0 Å². The summed E-state index contributed by atoms with van der Waals surface area (Å²) in [4.78, 5) is 2.55. The van der Waals surface area contributed by atoms with E-state index in [1.807, 2.05) is 19.2 Å². The van der Waals surface area contributed by atoms with Crippen molar-refractivity contribution < 1.29 is 9.47 Å². The van der Waals surface area contributed by atoms with Crippen LogP contribution in [0.2, 0.25) is 0 Å². The zero-order chi connectivity index (χ0) is 15.1. The average Bonchev–Trinajstić information content (AvgIpc) is 2.54. The van der Waals surface area contributed by atoms with Gasteiger partial charge in [-0.3, -0.25) is 0 Å². The van der Waals surface area contributed by atoms with E-state index in [4.69, 9.17) is 9.47 Å². The SMILES string of the molecule is CNC(CN1CCC(COC)CC1)c1ccc(OC)cc1. The summed E-state index contributed by atoms with van der Waals surface area (Å²) in [6, 6.07) is 8.74. The highest BCUT2D eigenvalue weighted by atomic mass is 16.5. The molecule has 4 heteroatoms. The normalized spacial score (nSPS) is 18.6. The minimum atomic E-state index is 0.370. The van der Waals surface area contributed by atoms with E-state index in [0.717, 1.165) is 24.8 Å². The summed E-state index contributed by atoms with van der Waals surface area (Å²) in [5.41, 5.74) is 1.32. The molecule has 1 atom stereocenters. The van der Waals surface area contributed by atoms with Gasteiger partial charge < -0.3 is 19.7 Å². The van der Waals surface area contributed by atoms with Gasteiger partial charge in [0, 0.05) is 26.3 Å². The van der Waals surface area contributed by atoms with Crippen LogP contribution in [-0.2, 0) is 4.74 Å². The van der Waals surface area contributed by atoms with Gasteiger partial charge in [-0.1, -0.05) is 12.1 Å². The topological polar surface area (TPSA) is 33.7 Å². The van der Waals surface area contributed by atoms with Gasteiger partial charge in [-0.15, -0.1) is 0 Å². The number of nitrogens with one attached hydrogen (secondary N) is 1. The molecule has 1 heterocycles. The van der Waals surface area contributed by atoms with Gasteiger partial charge >= 0.3 is 0 Å². The largest absolute Gasteiger partial charge is 0.497 e. The summed E-state index contributed by atoms with van der Waals surface area (Å²) in [5.74, 6) is 1.65. The summed E-state index contributed by atoms with van der Waals surface area (Å²) in [7, 11) is 5.54. The lowest BCUT2D eigenvalue weighted by Gasteiger charge is -2.34. The lowest BCUT2D eigenvalue weighted by atomic mass is 9.97. The highest BCUT2D eigenvalue weighted by molar-refractivity contribution is 5.29. The van der Waals surface area contributed by atoms with E-state index in [0.29, 0.717) is 6.04 Å². The van der Waals surface area contributed by atoms with E-state index in [9.17, 15) is 0 Å². The van der Waals surface area contributed by atoms with Crippen molar-refractivity contribution in [3.05, 3.63) is 29.8 Å². The molecule has 1 saturated heterocycles. The third-order valence-electron chi connectivity index (χ3n) is 4.42. The number of likely N-dealkylation sites (N-methyl/N-ethyl adjacent to an activating group) is 1. The summed E-state index contributed by atoms with van der Waals surface area (Å²) in [5, 5.41) is 3.43. The summed E-state index contributed by atoms with van der Waals surface area (Å²) >= 11 is 0. The van der Waals surface area contributed by atoms with E-state index >= 15 is 0 Å². The quantitative estimate of drug-likeness (QED) is 0.836. The van der Waals surface area contributed by atoms with Crippen molar-refractivity contribution in [2.24, 2.45) is 5.92 Å². The Morgan fingerprint density at radius 3 is 2.38 bits per heavy atom. The molecule has 118 valence electrons. The number of nitrogens with zero attached hydrogens (tertiary/aromatic N) is 1. The molecule has 1 unspecified atom stereocenters. The molecule has 0 saturated carbocycles. The lowest BCUT2D eigenvalue weighted by Crippen LogP contribution is -2.40.